The van der Waals surface area contributed by atoms with E-state index >= 15 is 0 Å². The Labute approximate surface area is 138 Å². The first kappa shape index (κ1) is 15.8. The molecule has 0 saturated carbocycles. The average Bonchev–Trinajstić information content (AvgIpc) is 3.09. The number of benzene rings is 1. The Bertz CT molecular complexity index is 769. The number of hydrogen-bond acceptors (Lipinski definition) is 5. The molecule has 6 nitrogen and oxygen atoms in total. The van der Waals surface area contributed by atoms with Crippen molar-refractivity contribution in [2.45, 2.75) is 19.4 Å². The molecule has 7 heteroatoms. The second-order valence-electron chi connectivity index (χ2n) is 5.28. The molecule has 1 aromatic heterocycles. The molecule has 0 bridgehead atoms. The zero-order valence-corrected chi connectivity index (χ0v) is 13.6. The molecule has 1 unspecified atom stereocenters. The molecule has 1 aromatic carbocycles. The lowest BCUT2D eigenvalue weighted by molar-refractivity contribution is -0.117. The first-order valence-corrected chi connectivity index (χ1v) is 8.64. The molecule has 2 heterocycles. The molecule has 3 rings (SSSR count). The maximum Gasteiger partial charge on any atom is 0.251 e. The Morgan fingerprint density at radius 2 is 2.30 bits per heavy atom. The zero-order valence-electron chi connectivity index (χ0n) is 12.8. The minimum Gasteiger partial charge on any atom is -0.325 e. The number of rotatable bonds is 4. The fourth-order valence-corrected chi connectivity index (χ4v) is 3.30. The third kappa shape index (κ3) is 3.80. The summed E-state index contributed by atoms with van der Waals surface area (Å²) in [4.78, 5) is 31.0. The van der Waals surface area contributed by atoms with Gasteiger partial charge < -0.3 is 10.3 Å². The molecule has 1 fully saturated rings. The van der Waals surface area contributed by atoms with Gasteiger partial charge in [-0.2, -0.15) is 0 Å². The van der Waals surface area contributed by atoms with Crippen LogP contribution in [0.5, 0.6) is 0 Å². The van der Waals surface area contributed by atoms with Crippen molar-refractivity contribution in [1.29, 1.82) is 0 Å². The first-order chi connectivity index (χ1) is 11.2. The molecule has 0 radical (unpaired) electrons. The van der Waals surface area contributed by atoms with Gasteiger partial charge in [0.1, 0.15) is 5.82 Å². The number of H-pyrrole nitrogens is 1. The molecule has 1 amide bonds. The molecular weight excluding hydrogens is 312 g/mol. The standard InChI is InChI=1S/C16H18N4O2S/c1-2-11-7-14(21)20-15(18-11)10-4-3-5-12(6-10)19-16(22)13-8-23-9-17-13/h3-7,13,17H,2,8-9H2,1H3,(H,19,22)(H,18,20,21). The predicted octanol–water partition coefficient (Wildman–Crippen LogP) is 1.60. The Morgan fingerprint density at radius 1 is 1.43 bits per heavy atom. The summed E-state index contributed by atoms with van der Waals surface area (Å²) in [5, 5.41) is 6.04. The van der Waals surface area contributed by atoms with Crippen molar-refractivity contribution in [3.05, 3.63) is 46.4 Å². The lowest BCUT2D eigenvalue weighted by atomic mass is 10.1. The summed E-state index contributed by atoms with van der Waals surface area (Å²) in [6.45, 7) is 1.95. The number of anilines is 1. The smallest absolute Gasteiger partial charge is 0.251 e. The molecule has 1 aliphatic rings. The minimum atomic E-state index is -0.173. The van der Waals surface area contributed by atoms with Crippen LogP contribution in [0.4, 0.5) is 5.69 Å². The summed E-state index contributed by atoms with van der Waals surface area (Å²) in [6.07, 6.45) is 0.693. The monoisotopic (exact) mass is 330 g/mol. The van der Waals surface area contributed by atoms with E-state index in [2.05, 4.69) is 20.6 Å². The van der Waals surface area contributed by atoms with Crippen molar-refractivity contribution in [3.8, 4) is 11.4 Å². The molecule has 1 aliphatic heterocycles. The number of nitrogens with zero attached hydrogens (tertiary/aromatic N) is 1. The molecule has 0 spiro atoms. The van der Waals surface area contributed by atoms with E-state index in [0.29, 0.717) is 17.9 Å². The molecule has 2 aromatic rings. The van der Waals surface area contributed by atoms with Gasteiger partial charge in [0.15, 0.2) is 0 Å². The largest absolute Gasteiger partial charge is 0.325 e. The van der Waals surface area contributed by atoms with Crippen LogP contribution in [-0.2, 0) is 11.2 Å². The molecule has 120 valence electrons. The van der Waals surface area contributed by atoms with Gasteiger partial charge in [0.25, 0.3) is 5.56 Å². The summed E-state index contributed by atoms with van der Waals surface area (Å²) in [5.74, 6) is 2.04. The highest BCUT2D eigenvalue weighted by atomic mass is 32.2. The third-order valence-corrected chi connectivity index (χ3v) is 4.53. The number of aryl methyl sites for hydroxylation is 1. The maximum absolute atomic E-state index is 12.2. The Kier molecular flexibility index (Phi) is 4.78. The number of nitrogens with one attached hydrogen (secondary N) is 3. The van der Waals surface area contributed by atoms with E-state index in [-0.39, 0.29) is 17.5 Å². The number of aromatic nitrogens is 2. The number of thioether (sulfide) groups is 1. The van der Waals surface area contributed by atoms with Crippen LogP contribution in [-0.4, -0.2) is 33.5 Å². The summed E-state index contributed by atoms with van der Waals surface area (Å²) < 4.78 is 0. The summed E-state index contributed by atoms with van der Waals surface area (Å²) >= 11 is 1.71. The van der Waals surface area contributed by atoms with E-state index in [1.165, 1.54) is 6.07 Å². The van der Waals surface area contributed by atoms with Crippen molar-refractivity contribution >= 4 is 23.4 Å². The number of hydrogen-bond donors (Lipinski definition) is 3. The van der Waals surface area contributed by atoms with E-state index in [4.69, 9.17) is 0 Å². The van der Waals surface area contributed by atoms with Crippen molar-refractivity contribution < 1.29 is 4.79 Å². The van der Waals surface area contributed by atoms with Crippen molar-refractivity contribution in [2.24, 2.45) is 0 Å². The number of aromatic amines is 1. The van der Waals surface area contributed by atoms with E-state index in [0.717, 1.165) is 22.9 Å². The average molecular weight is 330 g/mol. The van der Waals surface area contributed by atoms with Gasteiger partial charge in [-0.05, 0) is 18.6 Å². The fraction of sp³-hybridized carbons (Fsp3) is 0.312. The Hall–Kier alpha value is -2.12. The number of carbonyl (C=O) groups excluding carboxylic acids is 1. The topological polar surface area (TPSA) is 86.9 Å². The highest BCUT2D eigenvalue weighted by Crippen LogP contribution is 2.20. The van der Waals surface area contributed by atoms with Gasteiger partial charge in [0, 0.05) is 34.6 Å². The SMILES string of the molecule is CCc1cc(=O)[nH]c(-c2cccc(NC(=O)C3CSCN3)c2)n1. The molecule has 1 saturated heterocycles. The van der Waals surface area contributed by atoms with E-state index in [1.807, 2.05) is 31.2 Å². The van der Waals surface area contributed by atoms with Crippen LogP contribution < -0.4 is 16.2 Å². The summed E-state index contributed by atoms with van der Waals surface area (Å²) in [6, 6.07) is 8.67. The molecule has 0 aliphatic carbocycles. The van der Waals surface area contributed by atoms with Crippen LogP contribution in [0, 0.1) is 0 Å². The van der Waals surface area contributed by atoms with E-state index < -0.39 is 0 Å². The molecule has 23 heavy (non-hydrogen) atoms. The van der Waals surface area contributed by atoms with Crippen molar-refractivity contribution in [1.82, 2.24) is 15.3 Å². The van der Waals surface area contributed by atoms with Crippen LogP contribution >= 0.6 is 11.8 Å². The molecular formula is C16H18N4O2S. The Morgan fingerprint density at radius 3 is 3.04 bits per heavy atom. The number of carbonyl (C=O) groups is 1. The minimum absolute atomic E-state index is 0.0455. The lowest BCUT2D eigenvalue weighted by Crippen LogP contribution is -2.37. The van der Waals surface area contributed by atoms with Gasteiger partial charge in [-0.3, -0.25) is 14.9 Å². The van der Waals surface area contributed by atoms with E-state index in [9.17, 15) is 9.59 Å². The van der Waals surface area contributed by atoms with Gasteiger partial charge in [-0.1, -0.05) is 19.1 Å². The second kappa shape index (κ2) is 6.97. The predicted molar refractivity (Wildman–Crippen MR) is 92.6 cm³/mol. The zero-order chi connectivity index (χ0) is 16.2. The van der Waals surface area contributed by atoms with Crippen LogP contribution in [0.1, 0.15) is 12.6 Å². The first-order valence-electron chi connectivity index (χ1n) is 7.48. The summed E-state index contributed by atoms with van der Waals surface area (Å²) in [5.41, 5.74) is 2.03. The quantitative estimate of drug-likeness (QED) is 0.793. The van der Waals surface area contributed by atoms with Crippen molar-refractivity contribution in [2.75, 3.05) is 16.9 Å². The van der Waals surface area contributed by atoms with Gasteiger partial charge in [-0.15, -0.1) is 11.8 Å². The van der Waals surface area contributed by atoms with Gasteiger partial charge in [-0.25, -0.2) is 4.98 Å². The highest BCUT2D eigenvalue weighted by Gasteiger charge is 2.22. The highest BCUT2D eigenvalue weighted by molar-refractivity contribution is 7.99. The van der Waals surface area contributed by atoms with Crippen LogP contribution in [0.25, 0.3) is 11.4 Å². The molecule has 1 atom stereocenters. The second-order valence-corrected chi connectivity index (χ2v) is 6.31. The number of amides is 1. The van der Waals surface area contributed by atoms with Crippen molar-refractivity contribution in [3.63, 3.8) is 0 Å². The van der Waals surface area contributed by atoms with Gasteiger partial charge in [0.2, 0.25) is 5.91 Å². The lowest BCUT2D eigenvalue weighted by Gasteiger charge is -2.11. The van der Waals surface area contributed by atoms with Gasteiger partial charge >= 0.3 is 0 Å². The van der Waals surface area contributed by atoms with E-state index in [1.54, 1.807) is 11.8 Å². The summed E-state index contributed by atoms with van der Waals surface area (Å²) in [7, 11) is 0. The normalized spacial score (nSPS) is 17.2. The molecule has 3 N–H and O–H groups in total. The Balaban J connectivity index is 1.83. The van der Waals surface area contributed by atoms with Gasteiger partial charge in [0.05, 0.1) is 6.04 Å². The van der Waals surface area contributed by atoms with Crippen LogP contribution in [0.2, 0.25) is 0 Å². The third-order valence-electron chi connectivity index (χ3n) is 3.59. The fourth-order valence-electron chi connectivity index (χ4n) is 2.36. The van der Waals surface area contributed by atoms with Crippen LogP contribution in [0.15, 0.2) is 35.1 Å². The van der Waals surface area contributed by atoms with Crippen LogP contribution in [0.3, 0.4) is 0 Å². The maximum atomic E-state index is 12.2.